The second kappa shape index (κ2) is 11.9. The van der Waals surface area contributed by atoms with Crippen LogP contribution in [0, 0.1) is 17.0 Å². The number of nitro groups is 1. The van der Waals surface area contributed by atoms with Crippen molar-refractivity contribution in [1.29, 1.82) is 0 Å². The van der Waals surface area contributed by atoms with E-state index in [-0.39, 0.29) is 24.9 Å². The highest BCUT2D eigenvalue weighted by Crippen LogP contribution is 2.18. The van der Waals surface area contributed by atoms with Crippen LogP contribution in [-0.2, 0) is 4.74 Å². The van der Waals surface area contributed by atoms with E-state index >= 15 is 0 Å². The van der Waals surface area contributed by atoms with Gasteiger partial charge in [-0.2, -0.15) is 15.1 Å². The van der Waals surface area contributed by atoms with Gasteiger partial charge in [0, 0.05) is 38.0 Å². The van der Waals surface area contributed by atoms with Crippen molar-refractivity contribution in [2.45, 2.75) is 6.92 Å². The minimum Gasteiger partial charge on any atom is -0.460 e. The molecule has 2 N–H and O–H groups in total. The SMILES string of the molecule is Cc1cccc(/C=N/Nc2cc(N(C)C)nc(OCCOC(=O)Nc3ccc([N+](=O)[O-])cc3)n2)c1. The molecule has 3 aromatic rings. The van der Waals surface area contributed by atoms with Crippen LogP contribution in [0.15, 0.2) is 59.7 Å². The lowest BCUT2D eigenvalue weighted by atomic mass is 10.2. The number of aromatic nitrogens is 2. The first kappa shape index (κ1) is 24.9. The first-order valence-corrected chi connectivity index (χ1v) is 10.5. The predicted octanol–water partition coefficient (Wildman–Crippen LogP) is 3.83. The molecule has 0 saturated carbocycles. The number of rotatable bonds is 10. The molecule has 0 unspecified atom stereocenters. The number of hydrogen-bond acceptors (Lipinski definition) is 10. The quantitative estimate of drug-likeness (QED) is 0.192. The van der Waals surface area contributed by atoms with Gasteiger partial charge in [-0.3, -0.25) is 20.9 Å². The maximum absolute atomic E-state index is 11.9. The molecule has 2 aromatic carbocycles. The number of nitro benzene ring substituents is 1. The first-order chi connectivity index (χ1) is 16.8. The van der Waals surface area contributed by atoms with Crippen LogP contribution in [0.2, 0.25) is 0 Å². The highest BCUT2D eigenvalue weighted by Gasteiger charge is 2.09. The number of anilines is 3. The number of amides is 1. The molecule has 0 fully saturated rings. The normalized spacial score (nSPS) is 10.6. The van der Waals surface area contributed by atoms with E-state index in [0.29, 0.717) is 17.3 Å². The van der Waals surface area contributed by atoms with E-state index in [2.05, 4.69) is 25.8 Å². The molecule has 0 atom stereocenters. The van der Waals surface area contributed by atoms with Gasteiger partial charge in [-0.15, -0.1) is 0 Å². The molecule has 12 heteroatoms. The van der Waals surface area contributed by atoms with Gasteiger partial charge < -0.3 is 14.4 Å². The Labute approximate surface area is 201 Å². The molecule has 1 aromatic heterocycles. The maximum atomic E-state index is 11.9. The number of hydrogen-bond donors (Lipinski definition) is 2. The minimum atomic E-state index is -0.724. The Kier molecular flexibility index (Phi) is 8.48. The van der Waals surface area contributed by atoms with Gasteiger partial charge in [0.15, 0.2) is 5.82 Å². The summed E-state index contributed by atoms with van der Waals surface area (Å²) >= 11 is 0. The van der Waals surface area contributed by atoms with Crippen molar-refractivity contribution in [2.24, 2.45) is 5.10 Å². The lowest BCUT2D eigenvalue weighted by Gasteiger charge is -2.14. The second-order valence-electron chi connectivity index (χ2n) is 7.49. The molecule has 0 aliphatic carbocycles. The lowest BCUT2D eigenvalue weighted by molar-refractivity contribution is -0.384. The van der Waals surface area contributed by atoms with Crippen molar-refractivity contribution in [3.63, 3.8) is 0 Å². The largest absolute Gasteiger partial charge is 0.460 e. The second-order valence-corrected chi connectivity index (χ2v) is 7.49. The summed E-state index contributed by atoms with van der Waals surface area (Å²) < 4.78 is 10.6. The zero-order valence-electron chi connectivity index (χ0n) is 19.5. The zero-order chi connectivity index (χ0) is 25.2. The molecule has 0 spiro atoms. The van der Waals surface area contributed by atoms with Crippen LogP contribution in [0.3, 0.4) is 0 Å². The van der Waals surface area contributed by atoms with E-state index in [1.54, 1.807) is 17.2 Å². The lowest BCUT2D eigenvalue weighted by Crippen LogP contribution is -2.18. The number of aryl methyl sites for hydroxylation is 1. The molecule has 3 rings (SSSR count). The van der Waals surface area contributed by atoms with Gasteiger partial charge in [0.2, 0.25) is 0 Å². The van der Waals surface area contributed by atoms with Crippen LogP contribution in [0.5, 0.6) is 6.01 Å². The van der Waals surface area contributed by atoms with Crippen molar-refractivity contribution in [2.75, 3.05) is 43.0 Å². The summed E-state index contributed by atoms with van der Waals surface area (Å²) in [7, 11) is 3.66. The Bertz CT molecular complexity index is 1200. The van der Waals surface area contributed by atoms with Gasteiger partial charge in [-0.25, -0.2) is 4.79 Å². The summed E-state index contributed by atoms with van der Waals surface area (Å²) in [5.74, 6) is 1.03. The minimum absolute atomic E-state index is 0.0105. The molecule has 0 aliphatic rings. The maximum Gasteiger partial charge on any atom is 0.411 e. The first-order valence-electron chi connectivity index (χ1n) is 10.5. The van der Waals surface area contributed by atoms with Crippen LogP contribution in [-0.4, -0.2) is 54.5 Å². The van der Waals surface area contributed by atoms with E-state index in [0.717, 1.165) is 11.1 Å². The molecule has 182 valence electrons. The smallest absolute Gasteiger partial charge is 0.411 e. The van der Waals surface area contributed by atoms with Crippen LogP contribution >= 0.6 is 0 Å². The molecule has 35 heavy (non-hydrogen) atoms. The molecule has 0 radical (unpaired) electrons. The molecule has 12 nitrogen and oxygen atoms in total. The Morgan fingerprint density at radius 1 is 1.14 bits per heavy atom. The van der Waals surface area contributed by atoms with Crippen molar-refractivity contribution in [3.05, 3.63) is 75.8 Å². The summed E-state index contributed by atoms with van der Waals surface area (Å²) in [5.41, 5.74) is 5.23. The van der Waals surface area contributed by atoms with Crippen LogP contribution in [0.4, 0.5) is 27.8 Å². The third kappa shape index (κ3) is 7.96. The van der Waals surface area contributed by atoms with Crippen molar-refractivity contribution < 1.29 is 19.2 Å². The molecule has 1 amide bonds. The van der Waals surface area contributed by atoms with Crippen LogP contribution < -0.4 is 20.4 Å². The number of benzene rings is 2. The number of ether oxygens (including phenoxy) is 2. The average Bonchev–Trinajstić information content (AvgIpc) is 2.82. The van der Waals surface area contributed by atoms with Gasteiger partial charge in [0.1, 0.15) is 19.0 Å². The zero-order valence-corrected chi connectivity index (χ0v) is 19.5. The topological polar surface area (TPSA) is 144 Å². The van der Waals surface area contributed by atoms with Crippen molar-refractivity contribution in [3.8, 4) is 6.01 Å². The molecule has 0 bridgehead atoms. The Morgan fingerprint density at radius 2 is 1.91 bits per heavy atom. The summed E-state index contributed by atoms with van der Waals surface area (Å²) in [6, 6.07) is 15.1. The summed E-state index contributed by atoms with van der Waals surface area (Å²) in [6.45, 7) is 1.95. The molecular formula is C23H25N7O5. The van der Waals surface area contributed by atoms with Gasteiger partial charge in [0.05, 0.1) is 11.1 Å². The van der Waals surface area contributed by atoms with Crippen molar-refractivity contribution in [1.82, 2.24) is 9.97 Å². The molecule has 1 heterocycles. The number of nitrogens with zero attached hydrogens (tertiary/aromatic N) is 5. The van der Waals surface area contributed by atoms with Crippen LogP contribution in [0.25, 0.3) is 0 Å². The van der Waals surface area contributed by atoms with E-state index in [9.17, 15) is 14.9 Å². The Morgan fingerprint density at radius 3 is 2.60 bits per heavy atom. The van der Waals surface area contributed by atoms with Gasteiger partial charge in [-0.1, -0.05) is 29.8 Å². The van der Waals surface area contributed by atoms with Gasteiger partial charge >= 0.3 is 12.1 Å². The average molecular weight is 479 g/mol. The fourth-order valence-electron chi connectivity index (χ4n) is 2.77. The number of hydrazone groups is 1. The number of nitrogens with one attached hydrogen (secondary N) is 2. The Balaban J connectivity index is 1.51. The summed E-state index contributed by atoms with van der Waals surface area (Å²) in [5, 5.41) is 17.4. The monoisotopic (exact) mass is 479 g/mol. The predicted molar refractivity (Wildman–Crippen MR) is 132 cm³/mol. The number of carbonyl (C=O) groups excluding carboxylic acids is 1. The third-order valence-electron chi connectivity index (χ3n) is 4.46. The molecule has 0 saturated heterocycles. The Hall–Kier alpha value is -4.74. The number of non-ortho nitro benzene ring substituents is 1. The van der Waals surface area contributed by atoms with Crippen LogP contribution in [0.1, 0.15) is 11.1 Å². The van der Waals surface area contributed by atoms with Gasteiger partial charge in [-0.05, 0) is 24.6 Å². The molecule has 0 aliphatic heterocycles. The highest BCUT2D eigenvalue weighted by atomic mass is 16.6. The van der Waals surface area contributed by atoms with Gasteiger partial charge in [0.25, 0.3) is 5.69 Å². The van der Waals surface area contributed by atoms with E-state index in [1.165, 1.54) is 24.3 Å². The summed E-state index contributed by atoms with van der Waals surface area (Å²) in [6.07, 6.45) is 0.959. The third-order valence-corrected chi connectivity index (χ3v) is 4.46. The van der Waals surface area contributed by atoms with E-state index in [1.807, 2.05) is 45.3 Å². The summed E-state index contributed by atoms with van der Waals surface area (Å²) in [4.78, 5) is 32.4. The van der Waals surface area contributed by atoms with Crippen molar-refractivity contribution >= 4 is 35.3 Å². The van der Waals surface area contributed by atoms with E-state index in [4.69, 9.17) is 9.47 Å². The fraction of sp³-hybridized carbons (Fsp3) is 0.217. The standard InChI is InChI=1S/C23H25N7O5/c1-16-5-4-6-17(13-16)15-24-28-20-14-21(29(2)3)27-22(26-20)34-11-12-35-23(31)25-18-7-9-19(10-8-18)30(32)33/h4-10,13-15H,11-12H2,1-3H3,(H,25,31)(H,26,27,28)/b24-15+. The number of carbonyl (C=O) groups is 1. The van der Waals surface area contributed by atoms with E-state index < -0.39 is 11.0 Å². The highest BCUT2D eigenvalue weighted by molar-refractivity contribution is 5.84. The fourth-order valence-corrected chi connectivity index (χ4v) is 2.77. The molecular weight excluding hydrogens is 454 g/mol.